The van der Waals surface area contributed by atoms with E-state index in [2.05, 4.69) is 12.2 Å². The second-order valence-electron chi connectivity index (χ2n) is 5.43. The molecule has 1 saturated carbocycles. The van der Waals surface area contributed by atoms with Gasteiger partial charge < -0.3 is 15.2 Å². The number of hydrogen-bond acceptors (Lipinski definition) is 3. The zero-order valence-electron chi connectivity index (χ0n) is 11.5. The third-order valence-corrected chi connectivity index (χ3v) is 3.58. The van der Waals surface area contributed by atoms with E-state index in [1.807, 2.05) is 0 Å². The molecule has 0 heterocycles. The first-order valence-corrected chi connectivity index (χ1v) is 6.76. The van der Waals surface area contributed by atoms with Gasteiger partial charge in [0.25, 0.3) is 5.91 Å². The zero-order valence-corrected chi connectivity index (χ0v) is 11.5. The Hall–Kier alpha value is -2.04. The van der Waals surface area contributed by atoms with Crippen LogP contribution in [0.1, 0.15) is 43.0 Å². The molecule has 1 amide bonds. The van der Waals surface area contributed by atoms with Crippen LogP contribution >= 0.6 is 0 Å². The Balaban J connectivity index is 2.02. The number of amides is 1. The molecular formula is C15H19NO4. The van der Waals surface area contributed by atoms with Crippen LogP contribution in [0.2, 0.25) is 0 Å². The van der Waals surface area contributed by atoms with Crippen molar-refractivity contribution in [3.63, 3.8) is 0 Å². The lowest BCUT2D eigenvalue weighted by Crippen LogP contribution is -2.43. The van der Waals surface area contributed by atoms with Gasteiger partial charge in [0.05, 0.1) is 0 Å². The Kier molecular flexibility index (Phi) is 4.27. The van der Waals surface area contributed by atoms with E-state index in [-0.39, 0.29) is 11.4 Å². The van der Waals surface area contributed by atoms with Gasteiger partial charge in [0.15, 0.2) is 6.61 Å². The summed E-state index contributed by atoms with van der Waals surface area (Å²) in [6.07, 6.45) is 4.26. The molecule has 1 aromatic rings. The minimum Gasteiger partial charge on any atom is -0.482 e. The molecule has 0 atom stereocenters. The fourth-order valence-electron chi connectivity index (χ4n) is 2.50. The first-order chi connectivity index (χ1) is 9.48. The minimum atomic E-state index is -1.04. The van der Waals surface area contributed by atoms with Gasteiger partial charge in [-0.05, 0) is 38.0 Å². The second-order valence-corrected chi connectivity index (χ2v) is 5.43. The van der Waals surface area contributed by atoms with Crippen molar-refractivity contribution in [2.75, 3.05) is 6.61 Å². The van der Waals surface area contributed by atoms with Gasteiger partial charge in [-0.25, -0.2) is 4.79 Å². The van der Waals surface area contributed by atoms with Crippen LogP contribution in [0.15, 0.2) is 24.3 Å². The van der Waals surface area contributed by atoms with Crippen LogP contribution in [-0.4, -0.2) is 29.1 Å². The van der Waals surface area contributed by atoms with E-state index in [0.29, 0.717) is 11.3 Å². The molecule has 0 saturated heterocycles. The van der Waals surface area contributed by atoms with E-state index in [9.17, 15) is 9.59 Å². The van der Waals surface area contributed by atoms with Gasteiger partial charge in [-0.1, -0.05) is 18.9 Å². The van der Waals surface area contributed by atoms with Crippen molar-refractivity contribution >= 4 is 11.9 Å². The van der Waals surface area contributed by atoms with Crippen molar-refractivity contribution in [2.45, 2.75) is 38.1 Å². The summed E-state index contributed by atoms with van der Waals surface area (Å²) < 4.78 is 5.07. The fourth-order valence-corrected chi connectivity index (χ4v) is 2.50. The van der Waals surface area contributed by atoms with Crippen molar-refractivity contribution in [3.8, 4) is 5.75 Å². The van der Waals surface area contributed by atoms with Gasteiger partial charge in [0.2, 0.25) is 0 Å². The highest BCUT2D eigenvalue weighted by Gasteiger charge is 2.30. The highest BCUT2D eigenvalue weighted by Crippen LogP contribution is 2.29. The summed E-state index contributed by atoms with van der Waals surface area (Å²) in [5, 5.41) is 11.6. The molecule has 108 valence electrons. The molecular weight excluding hydrogens is 258 g/mol. The molecule has 0 unspecified atom stereocenters. The smallest absolute Gasteiger partial charge is 0.341 e. The average Bonchev–Trinajstić information content (AvgIpc) is 2.83. The van der Waals surface area contributed by atoms with E-state index in [1.54, 1.807) is 24.3 Å². The van der Waals surface area contributed by atoms with Crippen LogP contribution in [0.4, 0.5) is 0 Å². The molecule has 5 nitrogen and oxygen atoms in total. The normalized spacial score (nSPS) is 16.6. The molecule has 2 rings (SSSR count). The van der Waals surface area contributed by atoms with Gasteiger partial charge in [-0.15, -0.1) is 0 Å². The predicted octanol–water partition coefficient (Wildman–Crippen LogP) is 2.21. The topological polar surface area (TPSA) is 75.6 Å². The van der Waals surface area contributed by atoms with E-state index >= 15 is 0 Å². The number of carboxylic acid groups (broad SMARTS) is 1. The molecule has 0 bridgehead atoms. The molecule has 0 aromatic heterocycles. The Morgan fingerprint density at radius 2 is 2.05 bits per heavy atom. The molecule has 1 aliphatic rings. The molecule has 5 heteroatoms. The summed E-state index contributed by atoms with van der Waals surface area (Å²) >= 11 is 0. The molecule has 1 aromatic carbocycles. The molecule has 20 heavy (non-hydrogen) atoms. The average molecular weight is 277 g/mol. The molecule has 0 aliphatic heterocycles. The Bertz CT molecular complexity index is 506. The second kappa shape index (κ2) is 5.94. The summed E-state index contributed by atoms with van der Waals surface area (Å²) in [6, 6.07) is 6.58. The largest absolute Gasteiger partial charge is 0.482 e. The SMILES string of the molecule is CC1(NC(=O)c2cccc(OCC(=O)O)c2)CCCC1. The predicted molar refractivity (Wildman–Crippen MR) is 73.9 cm³/mol. The van der Waals surface area contributed by atoms with Crippen molar-refractivity contribution < 1.29 is 19.4 Å². The van der Waals surface area contributed by atoms with Crippen LogP contribution in [0, 0.1) is 0 Å². The number of nitrogens with one attached hydrogen (secondary N) is 1. The van der Waals surface area contributed by atoms with E-state index in [0.717, 1.165) is 25.7 Å². The quantitative estimate of drug-likeness (QED) is 0.865. The standard InChI is InChI=1S/C15H19NO4/c1-15(7-2-3-8-15)16-14(19)11-5-4-6-12(9-11)20-10-13(17)18/h4-6,9H,2-3,7-8,10H2,1H3,(H,16,19)(H,17,18). The van der Waals surface area contributed by atoms with Crippen molar-refractivity contribution in [2.24, 2.45) is 0 Å². The Morgan fingerprint density at radius 1 is 1.35 bits per heavy atom. The molecule has 0 spiro atoms. The number of ether oxygens (including phenoxy) is 1. The third kappa shape index (κ3) is 3.73. The summed E-state index contributed by atoms with van der Waals surface area (Å²) in [5.41, 5.74) is 0.357. The van der Waals surface area contributed by atoms with Gasteiger partial charge >= 0.3 is 5.97 Å². The monoisotopic (exact) mass is 277 g/mol. The van der Waals surface area contributed by atoms with Crippen LogP contribution in [0.3, 0.4) is 0 Å². The molecule has 2 N–H and O–H groups in total. The van der Waals surface area contributed by atoms with Crippen molar-refractivity contribution in [1.29, 1.82) is 0 Å². The van der Waals surface area contributed by atoms with Gasteiger partial charge in [-0.2, -0.15) is 0 Å². The number of rotatable bonds is 5. The Labute approximate surface area is 117 Å². The van der Waals surface area contributed by atoms with Crippen LogP contribution in [0.25, 0.3) is 0 Å². The lowest BCUT2D eigenvalue weighted by Gasteiger charge is -2.25. The van der Waals surface area contributed by atoms with Gasteiger partial charge in [0.1, 0.15) is 5.75 Å². The van der Waals surface area contributed by atoms with E-state index < -0.39 is 12.6 Å². The van der Waals surface area contributed by atoms with Crippen LogP contribution in [-0.2, 0) is 4.79 Å². The maximum atomic E-state index is 12.2. The summed E-state index contributed by atoms with van der Waals surface area (Å²) in [7, 11) is 0. The van der Waals surface area contributed by atoms with Crippen LogP contribution < -0.4 is 10.1 Å². The lowest BCUT2D eigenvalue weighted by molar-refractivity contribution is -0.139. The van der Waals surface area contributed by atoms with Gasteiger partial charge in [-0.3, -0.25) is 4.79 Å². The van der Waals surface area contributed by atoms with Crippen LogP contribution in [0.5, 0.6) is 5.75 Å². The number of hydrogen-bond donors (Lipinski definition) is 2. The van der Waals surface area contributed by atoms with Gasteiger partial charge in [0, 0.05) is 11.1 Å². The summed E-state index contributed by atoms with van der Waals surface area (Å²) in [5.74, 6) is -0.801. The molecule has 1 fully saturated rings. The number of carbonyl (C=O) groups is 2. The summed E-state index contributed by atoms with van der Waals surface area (Å²) in [4.78, 5) is 22.7. The Morgan fingerprint density at radius 3 is 2.70 bits per heavy atom. The number of benzene rings is 1. The molecule has 1 aliphatic carbocycles. The highest BCUT2D eigenvalue weighted by molar-refractivity contribution is 5.95. The minimum absolute atomic E-state index is 0.130. The zero-order chi connectivity index (χ0) is 14.6. The van der Waals surface area contributed by atoms with E-state index in [4.69, 9.17) is 9.84 Å². The molecule has 0 radical (unpaired) electrons. The highest BCUT2D eigenvalue weighted by atomic mass is 16.5. The number of carboxylic acids is 1. The maximum absolute atomic E-state index is 12.2. The van der Waals surface area contributed by atoms with Crippen molar-refractivity contribution in [3.05, 3.63) is 29.8 Å². The third-order valence-electron chi connectivity index (χ3n) is 3.58. The fraction of sp³-hybridized carbons (Fsp3) is 0.467. The maximum Gasteiger partial charge on any atom is 0.341 e. The lowest BCUT2D eigenvalue weighted by atomic mass is 10.00. The van der Waals surface area contributed by atoms with Crippen molar-refractivity contribution in [1.82, 2.24) is 5.32 Å². The number of carbonyl (C=O) groups excluding carboxylic acids is 1. The summed E-state index contributed by atoms with van der Waals surface area (Å²) in [6.45, 7) is 1.64. The first kappa shape index (κ1) is 14.4. The first-order valence-electron chi connectivity index (χ1n) is 6.76. The van der Waals surface area contributed by atoms with E-state index in [1.165, 1.54) is 0 Å². The number of aliphatic carboxylic acids is 1.